The zero-order valence-corrected chi connectivity index (χ0v) is 16.7. The second kappa shape index (κ2) is 8.50. The van der Waals surface area contributed by atoms with Crippen LogP contribution < -0.4 is 5.32 Å². The third-order valence-electron chi connectivity index (χ3n) is 5.51. The molecule has 0 saturated carbocycles. The highest BCUT2D eigenvalue weighted by Crippen LogP contribution is 2.29. The number of nitrogens with zero attached hydrogens (tertiary/aromatic N) is 2. The van der Waals surface area contributed by atoms with Gasteiger partial charge in [-0.1, -0.05) is 13.0 Å². The lowest BCUT2D eigenvalue weighted by atomic mass is 10.0. The second-order valence-electron chi connectivity index (χ2n) is 7.38. The first-order valence-electron chi connectivity index (χ1n) is 9.87. The van der Waals surface area contributed by atoms with Gasteiger partial charge in [-0.25, -0.2) is 0 Å². The Morgan fingerprint density at radius 1 is 1.37 bits per heavy atom. The quantitative estimate of drug-likeness (QED) is 0.859. The molecule has 1 fully saturated rings. The highest BCUT2D eigenvalue weighted by atomic mass is 32.1. The number of hydrogen-bond donors (Lipinski definition) is 1. The topological polar surface area (TPSA) is 54.5 Å². The highest BCUT2D eigenvalue weighted by molar-refractivity contribution is 7.10. The summed E-state index contributed by atoms with van der Waals surface area (Å²) in [4.78, 5) is 21.0. The summed E-state index contributed by atoms with van der Waals surface area (Å²) in [7, 11) is 0. The molecule has 0 unspecified atom stereocenters. The molecule has 0 radical (unpaired) electrons. The van der Waals surface area contributed by atoms with Crippen molar-refractivity contribution in [1.82, 2.24) is 15.2 Å². The van der Waals surface area contributed by atoms with Crippen LogP contribution in [0.1, 0.15) is 51.8 Å². The van der Waals surface area contributed by atoms with Crippen LogP contribution in [-0.4, -0.2) is 41.6 Å². The molecule has 0 atom stereocenters. The summed E-state index contributed by atoms with van der Waals surface area (Å²) in [6.45, 7) is 6.38. The lowest BCUT2D eigenvalue weighted by molar-refractivity contribution is 0.0696. The molecule has 0 aromatic carbocycles. The minimum atomic E-state index is 0.0877. The maximum Gasteiger partial charge on any atom is 0.252 e. The van der Waals surface area contributed by atoms with Gasteiger partial charge in [-0.2, -0.15) is 0 Å². The fraction of sp³-hybridized carbons (Fsp3) is 0.524. The van der Waals surface area contributed by atoms with Gasteiger partial charge in [0.1, 0.15) is 0 Å². The maximum absolute atomic E-state index is 12.7. The Morgan fingerprint density at radius 2 is 2.22 bits per heavy atom. The Hall–Kier alpha value is -1.76. The summed E-state index contributed by atoms with van der Waals surface area (Å²) in [6, 6.07) is 4.55. The van der Waals surface area contributed by atoms with Gasteiger partial charge in [0, 0.05) is 55.3 Å². The van der Waals surface area contributed by atoms with Crippen molar-refractivity contribution in [3.63, 3.8) is 0 Å². The number of ether oxygens (including phenoxy) is 1. The van der Waals surface area contributed by atoms with Gasteiger partial charge < -0.3 is 10.1 Å². The van der Waals surface area contributed by atoms with Gasteiger partial charge in [0.05, 0.1) is 11.3 Å². The minimum Gasteiger partial charge on any atom is -0.381 e. The van der Waals surface area contributed by atoms with E-state index in [0.717, 1.165) is 69.8 Å². The Balaban J connectivity index is 1.38. The van der Waals surface area contributed by atoms with Crippen molar-refractivity contribution in [1.29, 1.82) is 0 Å². The van der Waals surface area contributed by atoms with E-state index in [0.29, 0.717) is 0 Å². The second-order valence-corrected chi connectivity index (χ2v) is 8.35. The zero-order valence-electron chi connectivity index (χ0n) is 15.9. The normalized spacial score (nSPS) is 18.3. The van der Waals surface area contributed by atoms with E-state index >= 15 is 0 Å². The number of thiophene rings is 1. The average molecular weight is 386 g/mol. The summed E-state index contributed by atoms with van der Waals surface area (Å²) >= 11 is 1.72. The number of carbonyl (C=O) groups is 1. The molecule has 4 heterocycles. The number of rotatable bonds is 5. The third-order valence-corrected chi connectivity index (χ3v) is 6.52. The van der Waals surface area contributed by atoms with E-state index in [1.165, 1.54) is 16.0 Å². The molecule has 2 aromatic heterocycles. The first kappa shape index (κ1) is 18.6. The van der Waals surface area contributed by atoms with Gasteiger partial charge in [0.25, 0.3) is 5.91 Å². The van der Waals surface area contributed by atoms with E-state index in [4.69, 9.17) is 4.74 Å². The molecule has 2 aromatic rings. The molecule has 0 bridgehead atoms. The summed E-state index contributed by atoms with van der Waals surface area (Å²) in [5.74, 6) is 0.0877. The Morgan fingerprint density at radius 3 is 2.96 bits per heavy atom. The van der Waals surface area contributed by atoms with E-state index in [1.54, 1.807) is 11.3 Å². The van der Waals surface area contributed by atoms with Crippen LogP contribution in [0.25, 0.3) is 0 Å². The van der Waals surface area contributed by atoms with Crippen LogP contribution in [-0.2, 0) is 30.7 Å². The number of amides is 1. The molecule has 2 aliphatic heterocycles. The predicted molar refractivity (Wildman–Crippen MR) is 107 cm³/mol. The zero-order chi connectivity index (χ0) is 18.6. The van der Waals surface area contributed by atoms with Crippen LogP contribution in [0.15, 0.2) is 23.7 Å². The molecule has 2 aliphatic rings. The summed E-state index contributed by atoms with van der Waals surface area (Å²) in [6.07, 6.45) is 5.76. The van der Waals surface area contributed by atoms with Crippen LogP contribution in [0, 0.1) is 0 Å². The van der Waals surface area contributed by atoms with E-state index in [9.17, 15) is 4.79 Å². The molecule has 144 valence electrons. The van der Waals surface area contributed by atoms with Crippen LogP contribution in [0.4, 0.5) is 0 Å². The molecule has 0 aliphatic carbocycles. The Labute approximate surface area is 164 Å². The average Bonchev–Trinajstić information content (AvgIpc) is 3.13. The van der Waals surface area contributed by atoms with E-state index in [1.807, 2.05) is 11.6 Å². The number of carbonyl (C=O) groups excluding carboxylic acids is 1. The van der Waals surface area contributed by atoms with Gasteiger partial charge in [-0.05, 0) is 42.9 Å². The summed E-state index contributed by atoms with van der Waals surface area (Å²) in [5.41, 5.74) is 4.52. The van der Waals surface area contributed by atoms with Crippen molar-refractivity contribution in [2.45, 2.75) is 51.7 Å². The van der Waals surface area contributed by atoms with Crippen LogP contribution in [0.3, 0.4) is 0 Å². The lowest BCUT2D eigenvalue weighted by Crippen LogP contribution is -2.39. The van der Waals surface area contributed by atoms with Crippen LogP contribution in [0.2, 0.25) is 0 Å². The van der Waals surface area contributed by atoms with E-state index in [-0.39, 0.29) is 11.9 Å². The minimum absolute atomic E-state index is 0.0877. The van der Waals surface area contributed by atoms with Crippen molar-refractivity contribution < 1.29 is 9.53 Å². The first-order valence-corrected chi connectivity index (χ1v) is 10.7. The lowest BCUT2D eigenvalue weighted by Gasteiger charge is -2.27. The molecule has 4 rings (SSSR count). The number of pyridine rings is 1. The molecule has 1 saturated heterocycles. The third kappa shape index (κ3) is 4.39. The van der Waals surface area contributed by atoms with Crippen LogP contribution >= 0.6 is 11.3 Å². The van der Waals surface area contributed by atoms with Crippen molar-refractivity contribution in [3.05, 3.63) is 51.0 Å². The van der Waals surface area contributed by atoms with E-state index in [2.05, 4.69) is 34.3 Å². The molecular weight excluding hydrogens is 358 g/mol. The fourth-order valence-corrected chi connectivity index (χ4v) is 4.92. The largest absolute Gasteiger partial charge is 0.381 e. The number of nitrogens with one attached hydrogen (secondary N) is 1. The SMILES string of the molecule is CCc1ccc(CN2CCc3c(C(=O)NC4CCOCC4)csc3C2)nc1. The molecule has 5 nitrogen and oxygen atoms in total. The molecule has 1 amide bonds. The number of aromatic nitrogens is 1. The van der Waals surface area contributed by atoms with Gasteiger partial charge in [-0.15, -0.1) is 11.3 Å². The summed E-state index contributed by atoms with van der Waals surface area (Å²) < 4.78 is 5.38. The maximum atomic E-state index is 12.7. The van der Waals surface area contributed by atoms with Gasteiger partial charge in [0.15, 0.2) is 0 Å². The molecular formula is C21H27N3O2S. The highest BCUT2D eigenvalue weighted by Gasteiger charge is 2.25. The first-order chi connectivity index (χ1) is 13.2. The molecule has 27 heavy (non-hydrogen) atoms. The molecule has 0 spiro atoms. The number of aryl methyl sites for hydroxylation is 1. The fourth-order valence-electron chi connectivity index (χ4n) is 3.80. The monoisotopic (exact) mass is 385 g/mol. The van der Waals surface area contributed by atoms with Crippen molar-refractivity contribution in [3.8, 4) is 0 Å². The number of hydrogen-bond acceptors (Lipinski definition) is 5. The van der Waals surface area contributed by atoms with Gasteiger partial charge in [0.2, 0.25) is 0 Å². The van der Waals surface area contributed by atoms with Crippen molar-refractivity contribution in [2.75, 3.05) is 19.8 Å². The number of fused-ring (bicyclic) bond motifs is 1. The predicted octanol–water partition coefficient (Wildman–Crippen LogP) is 3.17. The van der Waals surface area contributed by atoms with Crippen LogP contribution in [0.5, 0.6) is 0 Å². The molecule has 6 heteroatoms. The smallest absolute Gasteiger partial charge is 0.252 e. The molecule has 1 N–H and O–H groups in total. The Bertz CT molecular complexity index is 781. The van der Waals surface area contributed by atoms with Crippen molar-refractivity contribution in [2.24, 2.45) is 0 Å². The van der Waals surface area contributed by atoms with Crippen molar-refractivity contribution >= 4 is 17.2 Å². The van der Waals surface area contributed by atoms with E-state index < -0.39 is 0 Å². The Kier molecular flexibility index (Phi) is 5.86. The summed E-state index contributed by atoms with van der Waals surface area (Å²) in [5, 5.41) is 5.24. The standard InChI is InChI=1S/C21H27N3O2S/c1-2-15-3-4-17(22-11-15)12-24-8-5-18-19(14-27-20(18)13-24)21(25)23-16-6-9-26-10-7-16/h3-4,11,14,16H,2,5-10,12-13H2,1H3,(H,23,25). The van der Waals surface area contributed by atoms with Gasteiger partial charge >= 0.3 is 0 Å². The van der Waals surface area contributed by atoms with Gasteiger partial charge in [-0.3, -0.25) is 14.7 Å².